The van der Waals surface area contributed by atoms with Crippen LogP contribution in [-0.2, 0) is 4.79 Å². The number of carbonyl (C=O) groups is 1. The molecule has 80 valence electrons. The van der Waals surface area contributed by atoms with Gasteiger partial charge < -0.3 is 5.32 Å². The molecule has 0 spiro atoms. The summed E-state index contributed by atoms with van der Waals surface area (Å²) >= 11 is 0. The van der Waals surface area contributed by atoms with Gasteiger partial charge in [-0.2, -0.15) is 0 Å². The number of rotatable bonds is 3. The first-order chi connectivity index (χ1) is 6.70. The van der Waals surface area contributed by atoms with E-state index in [2.05, 4.69) is 12.2 Å². The number of carbonyl (C=O) groups excluding carboxylic acids is 1. The van der Waals surface area contributed by atoms with Crippen LogP contribution in [0.2, 0.25) is 0 Å². The quantitative estimate of drug-likeness (QED) is 0.735. The van der Waals surface area contributed by atoms with Gasteiger partial charge in [0, 0.05) is 12.0 Å². The van der Waals surface area contributed by atoms with Crippen molar-refractivity contribution in [3.8, 4) is 0 Å². The highest BCUT2D eigenvalue weighted by Crippen LogP contribution is 2.44. The fourth-order valence-corrected chi connectivity index (χ4v) is 2.93. The Bertz CT molecular complexity index is 226. The highest BCUT2D eigenvalue weighted by Gasteiger charge is 2.40. The third kappa shape index (κ3) is 1.79. The van der Waals surface area contributed by atoms with E-state index < -0.39 is 0 Å². The van der Waals surface area contributed by atoms with Crippen molar-refractivity contribution in [1.82, 2.24) is 5.32 Å². The molecular formula is C12H21NO. The third-order valence-corrected chi connectivity index (χ3v) is 4.13. The highest BCUT2D eigenvalue weighted by atomic mass is 16.1. The minimum atomic E-state index is 0.189. The van der Waals surface area contributed by atoms with Crippen LogP contribution in [0, 0.1) is 17.8 Å². The van der Waals surface area contributed by atoms with Crippen molar-refractivity contribution in [2.45, 2.75) is 52.0 Å². The molecule has 4 atom stereocenters. The average Bonchev–Trinajstić information content (AvgIpc) is 2.77. The summed E-state index contributed by atoms with van der Waals surface area (Å²) in [6.45, 7) is 4.09. The molecule has 14 heavy (non-hydrogen) atoms. The Morgan fingerprint density at radius 1 is 1.43 bits per heavy atom. The van der Waals surface area contributed by atoms with Crippen molar-refractivity contribution in [3.63, 3.8) is 0 Å². The van der Waals surface area contributed by atoms with Crippen LogP contribution in [0.1, 0.15) is 46.0 Å². The van der Waals surface area contributed by atoms with Crippen molar-refractivity contribution in [2.24, 2.45) is 17.8 Å². The van der Waals surface area contributed by atoms with Crippen LogP contribution in [0.4, 0.5) is 0 Å². The first-order valence-corrected chi connectivity index (χ1v) is 6.01. The molecule has 2 rings (SSSR count). The van der Waals surface area contributed by atoms with E-state index in [9.17, 15) is 4.79 Å². The summed E-state index contributed by atoms with van der Waals surface area (Å²) < 4.78 is 0. The van der Waals surface area contributed by atoms with Crippen LogP contribution in [0.3, 0.4) is 0 Å². The summed E-state index contributed by atoms with van der Waals surface area (Å²) in [5.74, 6) is 2.18. The minimum absolute atomic E-state index is 0.189. The molecule has 0 aromatic carbocycles. The molecule has 0 heterocycles. The Kier molecular flexibility index (Phi) is 2.80. The second-order valence-electron chi connectivity index (χ2n) is 5.10. The van der Waals surface area contributed by atoms with Crippen LogP contribution in [0.25, 0.3) is 0 Å². The molecule has 0 radical (unpaired) electrons. The predicted molar refractivity (Wildman–Crippen MR) is 56.8 cm³/mol. The Morgan fingerprint density at radius 3 is 2.71 bits per heavy atom. The molecule has 4 unspecified atom stereocenters. The van der Waals surface area contributed by atoms with E-state index in [1.54, 1.807) is 0 Å². The van der Waals surface area contributed by atoms with Gasteiger partial charge in [-0.05, 0) is 37.5 Å². The van der Waals surface area contributed by atoms with Crippen molar-refractivity contribution >= 4 is 5.91 Å². The van der Waals surface area contributed by atoms with Crippen LogP contribution in [0.15, 0.2) is 0 Å². The monoisotopic (exact) mass is 195 g/mol. The molecule has 2 heteroatoms. The summed E-state index contributed by atoms with van der Waals surface area (Å²) in [5, 5.41) is 3.22. The lowest BCUT2D eigenvalue weighted by atomic mass is 9.94. The summed E-state index contributed by atoms with van der Waals surface area (Å²) in [4.78, 5) is 11.7. The summed E-state index contributed by atoms with van der Waals surface area (Å²) in [6, 6.07) is 0.509. The zero-order valence-electron chi connectivity index (χ0n) is 9.25. The van der Waals surface area contributed by atoms with Gasteiger partial charge in [0.1, 0.15) is 0 Å². The van der Waals surface area contributed by atoms with Crippen molar-refractivity contribution < 1.29 is 4.79 Å². The van der Waals surface area contributed by atoms with E-state index >= 15 is 0 Å². The van der Waals surface area contributed by atoms with Crippen molar-refractivity contribution in [1.29, 1.82) is 0 Å². The molecule has 2 aliphatic rings. The van der Waals surface area contributed by atoms with Crippen LogP contribution in [-0.4, -0.2) is 11.9 Å². The van der Waals surface area contributed by atoms with E-state index in [1.165, 1.54) is 25.7 Å². The zero-order valence-corrected chi connectivity index (χ0v) is 9.25. The maximum absolute atomic E-state index is 11.7. The van der Waals surface area contributed by atoms with E-state index in [0.29, 0.717) is 6.04 Å². The van der Waals surface area contributed by atoms with Gasteiger partial charge in [-0.25, -0.2) is 0 Å². The lowest BCUT2D eigenvalue weighted by Gasteiger charge is -2.24. The maximum Gasteiger partial charge on any atom is 0.223 e. The van der Waals surface area contributed by atoms with Gasteiger partial charge >= 0.3 is 0 Å². The second kappa shape index (κ2) is 3.92. The van der Waals surface area contributed by atoms with Crippen molar-refractivity contribution in [3.05, 3.63) is 0 Å². The number of hydrogen-bond donors (Lipinski definition) is 1. The first kappa shape index (κ1) is 10.0. The van der Waals surface area contributed by atoms with Crippen LogP contribution in [0.5, 0.6) is 0 Å². The maximum atomic E-state index is 11.7. The summed E-state index contributed by atoms with van der Waals surface area (Å²) in [5.41, 5.74) is 0. The van der Waals surface area contributed by atoms with Crippen LogP contribution < -0.4 is 5.32 Å². The number of nitrogens with one attached hydrogen (secondary N) is 1. The Morgan fingerprint density at radius 2 is 2.21 bits per heavy atom. The van der Waals surface area contributed by atoms with E-state index in [4.69, 9.17) is 0 Å². The predicted octanol–water partition coefficient (Wildman–Crippen LogP) is 2.34. The Hall–Kier alpha value is -0.530. The van der Waals surface area contributed by atoms with E-state index in [0.717, 1.165) is 18.3 Å². The lowest BCUT2D eigenvalue weighted by molar-refractivity contribution is -0.125. The van der Waals surface area contributed by atoms with Gasteiger partial charge in [0.25, 0.3) is 0 Å². The fraction of sp³-hybridized carbons (Fsp3) is 0.917. The Balaban J connectivity index is 1.84. The van der Waals surface area contributed by atoms with Crippen LogP contribution >= 0.6 is 0 Å². The van der Waals surface area contributed by atoms with E-state index in [-0.39, 0.29) is 11.8 Å². The normalized spacial score (nSPS) is 37.1. The minimum Gasteiger partial charge on any atom is -0.353 e. The molecule has 2 nitrogen and oxygen atoms in total. The number of fused-ring (bicyclic) bond motifs is 2. The Labute approximate surface area is 86.5 Å². The van der Waals surface area contributed by atoms with Gasteiger partial charge in [0.2, 0.25) is 5.91 Å². The largest absolute Gasteiger partial charge is 0.353 e. The molecule has 2 bridgehead atoms. The number of hydrogen-bond acceptors (Lipinski definition) is 1. The molecule has 0 aliphatic heterocycles. The van der Waals surface area contributed by atoms with Gasteiger partial charge in [-0.1, -0.05) is 20.3 Å². The molecular weight excluding hydrogens is 174 g/mol. The summed E-state index contributed by atoms with van der Waals surface area (Å²) in [7, 11) is 0. The topological polar surface area (TPSA) is 29.1 Å². The third-order valence-electron chi connectivity index (χ3n) is 4.13. The SMILES string of the molecule is CCC(C)C(=O)NC1CC2CCC1C2. The molecule has 2 fully saturated rings. The standard InChI is InChI=1S/C12H21NO/c1-3-8(2)12(14)13-11-7-9-4-5-10(11)6-9/h8-11H,3-7H2,1-2H3,(H,13,14). The van der Waals surface area contributed by atoms with Gasteiger partial charge in [0.05, 0.1) is 0 Å². The molecule has 1 N–H and O–H groups in total. The fourth-order valence-electron chi connectivity index (χ4n) is 2.93. The lowest BCUT2D eigenvalue weighted by Crippen LogP contribution is -2.41. The molecule has 0 saturated heterocycles. The molecule has 0 aromatic rings. The molecule has 0 aromatic heterocycles. The molecule has 2 aliphatic carbocycles. The van der Waals surface area contributed by atoms with E-state index in [1.807, 2.05) is 6.92 Å². The second-order valence-corrected chi connectivity index (χ2v) is 5.10. The smallest absolute Gasteiger partial charge is 0.223 e. The zero-order chi connectivity index (χ0) is 10.1. The highest BCUT2D eigenvalue weighted by molar-refractivity contribution is 5.78. The molecule has 1 amide bonds. The molecule has 2 saturated carbocycles. The van der Waals surface area contributed by atoms with Crippen molar-refractivity contribution in [2.75, 3.05) is 0 Å². The van der Waals surface area contributed by atoms with Gasteiger partial charge in [-0.15, -0.1) is 0 Å². The first-order valence-electron chi connectivity index (χ1n) is 6.01. The summed E-state index contributed by atoms with van der Waals surface area (Å²) in [6.07, 6.45) is 6.31. The van der Waals surface area contributed by atoms with Gasteiger partial charge in [-0.3, -0.25) is 4.79 Å². The number of amides is 1. The average molecular weight is 195 g/mol. The van der Waals surface area contributed by atoms with Gasteiger partial charge in [0.15, 0.2) is 0 Å².